The molecule has 0 bridgehead atoms. The van der Waals surface area contributed by atoms with Gasteiger partial charge >= 0.3 is 0 Å². The van der Waals surface area contributed by atoms with Crippen LogP contribution in [-0.4, -0.2) is 50.0 Å². The molecule has 3 aromatic carbocycles. The fourth-order valence-electron chi connectivity index (χ4n) is 4.52. The number of nitrogens with one attached hydrogen (secondary N) is 1. The number of rotatable bonds is 12. The van der Waals surface area contributed by atoms with E-state index in [1.165, 1.54) is 4.90 Å². The molecule has 0 aliphatic rings. The van der Waals surface area contributed by atoms with Gasteiger partial charge in [0, 0.05) is 23.5 Å². The average Bonchev–Trinajstić information content (AvgIpc) is 2.94. The molecule has 0 fully saturated rings. The van der Waals surface area contributed by atoms with Gasteiger partial charge in [-0.15, -0.1) is 0 Å². The lowest BCUT2D eigenvalue weighted by molar-refractivity contribution is -0.140. The van der Waals surface area contributed by atoms with Crippen LogP contribution in [0.2, 0.25) is 0 Å². The van der Waals surface area contributed by atoms with Crippen LogP contribution in [0.5, 0.6) is 0 Å². The standard InChI is InChI=1S/C33H42BrN3O4S/c1-7-24(2)35-32(39)30(21-25-11-9-8-10-12-25)36(22-26-13-17-28(34)18-14-26)31(38)23-37(42(6,40)41)29-19-15-27(16-20-29)33(3,4)5/h8-20,24,30H,7,21-23H2,1-6H3,(H,35,39)/t24-,30+/m0/s1. The van der Waals surface area contributed by atoms with Gasteiger partial charge < -0.3 is 10.2 Å². The lowest BCUT2D eigenvalue weighted by atomic mass is 9.87. The molecule has 3 aromatic rings. The Hall–Kier alpha value is -3.17. The second-order valence-electron chi connectivity index (χ2n) is 11.7. The van der Waals surface area contributed by atoms with Crippen molar-refractivity contribution in [3.63, 3.8) is 0 Å². The van der Waals surface area contributed by atoms with E-state index in [1.54, 1.807) is 12.1 Å². The zero-order chi connectivity index (χ0) is 31.1. The summed E-state index contributed by atoms with van der Waals surface area (Å²) in [6.45, 7) is 9.84. The molecule has 42 heavy (non-hydrogen) atoms. The summed E-state index contributed by atoms with van der Waals surface area (Å²) in [6.07, 6.45) is 2.11. The van der Waals surface area contributed by atoms with Crippen molar-refractivity contribution in [3.8, 4) is 0 Å². The maximum atomic E-state index is 14.2. The van der Waals surface area contributed by atoms with E-state index in [2.05, 4.69) is 42.0 Å². The Labute approximate surface area is 259 Å². The molecule has 3 rings (SSSR count). The summed E-state index contributed by atoms with van der Waals surface area (Å²) >= 11 is 3.45. The number of anilines is 1. The lowest BCUT2D eigenvalue weighted by Crippen LogP contribution is -2.54. The second kappa shape index (κ2) is 14.3. The van der Waals surface area contributed by atoms with E-state index in [9.17, 15) is 18.0 Å². The molecule has 0 radical (unpaired) electrons. The number of hydrogen-bond acceptors (Lipinski definition) is 4. The van der Waals surface area contributed by atoms with Gasteiger partial charge in [-0.25, -0.2) is 8.42 Å². The molecular weight excluding hydrogens is 614 g/mol. The van der Waals surface area contributed by atoms with Crippen molar-refractivity contribution in [1.29, 1.82) is 0 Å². The van der Waals surface area contributed by atoms with E-state index in [0.717, 1.165) is 38.1 Å². The molecule has 0 unspecified atom stereocenters. The average molecular weight is 657 g/mol. The number of halogens is 1. The number of carbonyl (C=O) groups excluding carboxylic acids is 2. The fourth-order valence-corrected chi connectivity index (χ4v) is 5.64. The van der Waals surface area contributed by atoms with Crippen molar-refractivity contribution in [2.75, 3.05) is 17.1 Å². The van der Waals surface area contributed by atoms with Crippen molar-refractivity contribution in [1.82, 2.24) is 10.2 Å². The molecule has 7 nitrogen and oxygen atoms in total. The normalized spacial score (nSPS) is 13.2. The topological polar surface area (TPSA) is 86.8 Å². The fraction of sp³-hybridized carbons (Fsp3) is 0.394. The SMILES string of the molecule is CC[C@H](C)NC(=O)[C@@H](Cc1ccccc1)N(Cc1ccc(Br)cc1)C(=O)CN(c1ccc(C(C)(C)C)cc1)S(C)(=O)=O. The highest BCUT2D eigenvalue weighted by molar-refractivity contribution is 9.10. The summed E-state index contributed by atoms with van der Waals surface area (Å²) in [5, 5.41) is 3.04. The quantitative estimate of drug-likeness (QED) is 0.257. The highest BCUT2D eigenvalue weighted by Gasteiger charge is 2.33. The van der Waals surface area contributed by atoms with Gasteiger partial charge in [-0.05, 0) is 59.7 Å². The molecule has 0 saturated heterocycles. The zero-order valence-electron chi connectivity index (χ0n) is 25.3. The van der Waals surface area contributed by atoms with E-state index in [4.69, 9.17) is 0 Å². The van der Waals surface area contributed by atoms with Crippen LogP contribution in [0, 0.1) is 0 Å². The highest BCUT2D eigenvalue weighted by Crippen LogP contribution is 2.26. The van der Waals surface area contributed by atoms with Crippen molar-refractivity contribution < 1.29 is 18.0 Å². The first-order chi connectivity index (χ1) is 19.7. The van der Waals surface area contributed by atoms with Crippen molar-refractivity contribution in [2.24, 2.45) is 0 Å². The van der Waals surface area contributed by atoms with E-state index in [1.807, 2.05) is 80.6 Å². The van der Waals surface area contributed by atoms with Crippen LogP contribution in [0.1, 0.15) is 57.7 Å². The van der Waals surface area contributed by atoms with Gasteiger partial charge in [0.25, 0.3) is 0 Å². The third-order valence-electron chi connectivity index (χ3n) is 7.24. The van der Waals surface area contributed by atoms with Crippen LogP contribution >= 0.6 is 15.9 Å². The first-order valence-corrected chi connectivity index (χ1v) is 16.8. The third-order valence-corrected chi connectivity index (χ3v) is 8.91. The van der Waals surface area contributed by atoms with Crippen LogP contribution in [0.15, 0.2) is 83.3 Å². The number of sulfonamides is 1. The van der Waals surface area contributed by atoms with E-state index in [0.29, 0.717) is 5.69 Å². The molecule has 9 heteroatoms. The van der Waals surface area contributed by atoms with Crippen molar-refractivity contribution in [3.05, 3.63) is 100 Å². The maximum absolute atomic E-state index is 14.2. The summed E-state index contributed by atoms with van der Waals surface area (Å²) < 4.78 is 28.0. The molecule has 2 amide bonds. The lowest BCUT2D eigenvalue weighted by Gasteiger charge is -2.34. The summed E-state index contributed by atoms with van der Waals surface area (Å²) in [5.74, 6) is -0.748. The maximum Gasteiger partial charge on any atom is 0.244 e. The molecule has 0 aliphatic carbocycles. The molecule has 0 spiro atoms. The number of hydrogen-bond donors (Lipinski definition) is 1. The van der Waals surface area contributed by atoms with Crippen molar-refractivity contribution >= 4 is 43.5 Å². The third kappa shape index (κ3) is 9.42. The Kier molecular flexibility index (Phi) is 11.4. The Balaban J connectivity index is 2.05. The van der Waals surface area contributed by atoms with Gasteiger partial charge in [-0.1, -0.05) is 98.2 Å². The number of benzene rings is 3. The van der Waals surface area contributed by atoms with Gasteiger partial charge in [0.05, 0.1) is 11.9 Å². The Bertz CT molecular complexity index is 1440. The first kappa shape index (κ1) is 33.3. The van der Waals surface area contributed by atoms with Gasteiger partial charge in [0.15, 0.2) is 0 Å². The smallest absolute Gasteiger partial charge is 0.244 e. The Morgan fingerprint density at radius 2 is 1.50 bits per heavy atom. The summed E-state index contributed by atoms with van der Waals surface area (Å²) in [4.78, 5) is 29.4. The molecule has 0 saturated carbocycles. The van der Waals surface area contributed by atoms with Crippen LogP contribution in [0.25, 0.3) is 0 Å². The molecule has 0 heterocycles. The summed E-state index contributed by atoms with van der Waals surface area (Å²) in [5.41, 5.74) is 3.05. The van der Waals surface area contributed by atoms with Crippen molar-refractivity contribution in [2.45, 2.75) is 71.5 Å². The van der Waals surface area contributed by atoms with Gasteiger partial charge in [0.1, 0.15) is 12.6 Å². The monoisotopic (exact) mass is 655 g/mol. The predicted octanol–water partition coefficient (Wildman–Crippen LogP) is 6.07. The minimum atomic E-state index is -3.82. The van der Waals surface area contributed by atoms with E-state index in [-0.39, 0.29) is 30.3 Å². The number of amides is 2. The van der Waals surface area contributed by atoms with Crippen LogP contribution in [0.4, 0.5) is 5.69 Å². The minimum absolute atomic E-state index is 0.0887. The largest absolute Gasteiger partial charge is 0.352 e. The zero-order valence-corrected chi connectivity index (χ0v) is 27.7. The minimum Gasteiger partial charge on any atom is -0.352 e. The molecule has 226 valence electrons. The van der Waals surface area contributed by atoms with Gasteiger partial charge in [0.2, 0.25) is 21.8 Å². The van der Waals surface area contributed by atoms with Gasteiger partial charge in [-0.2, -0.15) is 0 Å². The highest BCUT2D eigenvalue weighted by atomic mass is 79.9. The van der Waals surface area contributed by atoms with Crippen LogP contribution in [-0.2, 0) is 38.0 Å². The molecule has 0 aliphatic heterocycles. The molecule has 1 N–H and O–H groups in total. The summed E-state index contributed by atoms with van der Waals surface area (Å²) in [7, 11) is -3.82. The van der Waals surface area contributed by atoms with Gasteiger partial charge in [-0.3, -0.25) is 13.9 Å². The Morgan fingerprint density at radius 3 is 2.02 bits per heavy atom. The van der Waals surface area contributed by atoms with E-state index < -0.39 is 28.5 Å². The molecule has 0 aromatic heterocycles. The molecule has 2 atom stereocenters. The second-order valence-corrected chi connectivity index (χ2v) is 14.6. The van der Waals surface area contributed by atoms with Crippen LogP contribution < -0.4 is 9.62 Å². The number of carbonyl (C=O) groups is 2. The Morgan fingerprint density at radius 1 is 0.905 bits per heavy atom. The molecular formula is C33H42BrN3O4S. The first-order valence-electron chi connectivity index (χ1n) is 14.2. The number of nitrogens with zero attached hydrogens (tertiary/aromatic N) is 2. The predicted molar refractivity (Wildman–Crippen MR) is 174 cm³/mol. The van der Waals surface area contributed by atoms with Crippen LogP contribution in [0.3, 0.4) is 0 Å². The summed E-state index contributed by atoms with van der Waals surface area (Å²) in [6, 6.07) is 23.3. The van der Waals surface area contributed by atoms with E-state index >= 15 is 0 Å².